The van der Waals surface area contributed by atoms with Gasteiger partial charge in [0.2, 0.25) is 0 Å². The zero-order valence-corrected chi connectivity index (χ0v) is 25.0. The molecule has 1 aliphatic carbocycles. The number of aliphatic imine (C=N–C) groups is 2. The van der Waals surface area contributed by atoms with Gasteiger partial charge in [-0.3, -0.25) is 15.0 Å². The van der Waals surface area contributed by atoms with Crippen molar-refractivity contribution >= 4 is 23.9 Å². The van der Waals surface area contributed by atoms with Crippen LogP contribution in [0, 0.1) is 0 Å². The molecule has 0 radical (unpaired) electrons. The van der Waals surface area contributed by atoms with E-state index in [1.807, 2.05) is 57.9 Å². The lowest BCUT2D eigenvalue weighted by molar-refractivity contribution is 0.0315. The molecule has 39 heavy (non-hydrogen) atoms. The van der Waals surface area contributed by atoms with Gasteiger partial charge in [-0.2, -0.15) is 0 Å². The quantitative estimate of drug-likeness (QED) is 0.278. The van der Waals surface area contributed by atoms with Crippen molar-refractivity contribution in [3.8, 4) is 5.75 Å². The predicted molar refractivity (Wildman–Crippen MR) is 166 cm³/mol. The van der Waals surface area contributed by atoms with E-state index in [0.717, 1.165) is 47.8 Å². The van der Waals surface area contributed by atoms with Gasteiger partial charge in [0.25, 0.3) is 0 Å². The summed E-state index contributed by atoms with van der Waals surface area (Å²) in [5, 5.41) is 4.53. The maximum atomic E-state index is 13.7. The lowest BCUT2D eigenvalue weighted by atomic mass is 9.98. The van der Waals surface area contributed by atoms with Crippen LogP contribution in [0.3, 0.4) is 0 Å². The zero-order chi connectivity index (χ0) is 28.8. The second-order valence-corrected chi connectivity index (χ2v) is 8.71. The molecule has 0 spiro atoms. The molecule has 4 rings (SSSR count). The van der Waals surface area contributed by atoms with Gasteiger partial charge in [-0.05, 0) is 73.3 Å². The van der Waals surface area contributed by atoms with E-state index in [4.69, 9.17) is 9.73 Å². The van der Waals surface area contributed by atoms with Gasteiger partial charge in [0.15, 0.2) is 0 Å². The SMILES string of the molecule is C/C=C/N(C=NC)c1ccc(/C=C2\CCCN3C2=NCC(C2=CCC=C(F)C=C2)N3C)cc1OC.CC.CC. The number of hydrogen-bond acceptors (Lipinski definition) is 5. The molecule has 1 unspecified atom stereocenters. The highest BCUT2D eigenvalue weighted by molar-refractivity contribution is 6.03. The summed E-state index contributed by atoms with van der Waals surface area (Å²) in [6, 6.07) is 6.31. The Bertz CT molecular complexity index is 1130. The van der Waals surface area contributed by atoms with Crippen LogP contribution in [0.25, 0.3) is 6.08 Å². The summed E-state index contributed by atoms with van der Waals surface area (Å²) in [4.78, 5) is 11.1. The Morgan fingerprint density at radius 3 is 2.62 bits per heavy atom. The smallest absolute Gasteiger partial charge is 0.143 e. The Balaban J connectivity index is 0.00000127. The van der Waals surface area contributed by atoms with Crippen LogP contribution in [0.2, 0.25) is 0 Å². The van der Waals surface area contributed by atoms with Crippen LogP contribution in [-0.2, 0) is 0 Å². The van der Waals surface area contributed by atoms with Crippen molar-refractivity contribution in [2.24, 2.45) is 9.98 Å². The molecule has 1 saturated heterocycles. The number of hydrazine groups is 1. The Morgan fingerprint density at radius 1 is 1.15 bits per heavy atom. The summed E-state index contributed by atoms with van der Waals surface area (Å²) < 4.78 is 19.4. The summed E-state index contributed by atoms with van der Waals surface area (Å²) >= 11 is 0. The first-order valence-corrected chi connectivity index (χ1v) is 14.1. The van der Waals surface area contributed by atoms with Crippen LogP contribution < -0.4 is 9.64 Å². The highest BCUT2D eigenvalue weighted by Crippen LogP contribution is 2.33. The number of rotatable bonds is 6. The number of nitrogens with zero attached hydrogens (tertiary/aromatic N) is 5. The van der Waals surface area contributed by atoms with E-state index in [9.17, 15) is 4.39 Å². The molecular weight excluding hydrogens is 489 g/mol. The molecule has 0 N–H and O–H groups in total. The van der Waals surface area contributed by atoms with Crippen molar-refractivity contribution in [3.05, 3.63) is 77.3 Å². The van der Waals surface area contributed by atoms with Crippen molar-refractivity contribution in [2.45, 2.75) is 59.9 Å². The lowest BCUT2D eigenvalue weighted by Crippen LogP contribution is -2.56. The predicted octanol–water partition coefficient (Wildman–Crippen LogP) is 7.59. The van der Waals surface area contributed by atoms with Crippen LogP contribution in [0.15, 0.2) is 81.7 Å². The molecule has 1 aromatic rings. The van der Waals surface area contributed by atoms with E-state index in [-0.39, 0.29) is 11.9 Å². The zero-order valence-electron chi connectivity index (χ0n) is 25.0. The van der Waals surface area contributed by atoms with Gasteiger partial charge in [0.1, 0.15) is 17.4 Å². The number of halogens is 1. The van der Waals surface area contributed by atoms with E-state index < -0.39 is 0 Å². The Kier molecular flexibility index (Phi) is 13.4. The van der Waals surface area contributed by atoms with Gasteiger partial charge in [-0.15, -0.1) is 0 Å². The van der Waals surface area contributed by atoms with Crippen molar-refractivity contribution in [1.82, 2.24) is 10.0 Å². The van der Waals surface area contributed by atoms with Crippen LogP contribution in [0.1, 0.15) is 59.4 Å². The molecule has 6 nitrogen and oxygen atoms in total. The molecule has 3 aliphatic rings. The van der Waals surface area contributed by atoms with Crippen LogP contribution in [-0.4, -0.2) is 62.5 Å². The molecule has 0 bridgehead atoms. The molecular formula is C32H46FN5O. The second kappa shape index (κ2) is 16.5. The molecule has 2 aliphatic heterocycles. The van der Waals surface area contributed by atoms with Gasteiger partial charge in [0.05, 0.1) is 31.7 Å². The Labute approximate surface area is 235 Å². The van der Waals surface area contributed by atoms with Crippen LogP contribution in [0.5, 0.6) is 5.75 Å². The molecule has 1 aromatic carbocycles. The van der Waals surface area contributed by atoms with E-state index in [0.29, 0.717) is 13.0 Å². The molecule has 1 atom stereocenters. The summed E-state index contributed by atoms with van der Waals surface area (Å²) in [6.45, 7) is 11.5. The number of likely N-dealkylation sites (N-methyl/N-ethyl adjacent to an activating group) is 1. The second-order valence-electron chi connectivity index (χ2n) is 8.71. The summed E-state index contributed by atoms with van der Waals surface area (Å²) in [5.41, 5.74) is 4.32. The van der Waals surface area contributed by atoms with Gasteiger partial charge in [0, 0.05) is 26.8 Å². The van der Waals surface area contributed by atoms with Gasteiger partial charge < -0.3 is 9.64 Å². The van der Waals surface area contributed by atoms with Gasteiger partial charge in [-0.1, -0.05) is 52.0 Å². The fourth-order valence-corrected chi connectivity index (χ4v) is 4.74. The number of methoxy groups -OCH3 is 1. The third kappa shape index (κ3) is 8.02. The van der Waals surface area contributed by atoms with E-state index >= 15 is 0 Å². The lowest BCUT2D eigenvalue weighted by Gasteiger charge is -2.45. The van der Waals surface area contributed by atoms with Crippen molar-refractivity contribution in [2.75, 3.05) is 39.2 Å². The number of hydrogen-bond donors (Lipinski definition) is 0. The third-order valence-electron chi connectivity index (χ3n) is 6.45. The van der Waals surface area contributed by atoms with E-state index in [2.05, 4.69) is 52.4 Å². The number of allylic oxidation sites excluding steroid dienone is 5. The molecule has 2 heterocycles. The minimum absolute atomic E-state index is 0.103. The monoisotopic (exact) mass is 535 g/mol. The maximum Gasteiger partial charge on any atom is 0.143 e. The van der Waals surface area contributed by atoms with E-state index in [1.54, 1.807) is 32.6 Å². The normalized spacial score (nSPS) is 20.2. The van der Waals surface area contributed by atoms with Gasteiger partial charge in [-0.25, -0.2) is 9.40 Å². The minimum Gasteiger partial charge on any atom is -0.495 e. The average molecular weight is 536 g/mol. The molecule has 1 fully saturated rings. The first-order chi connectivity index (χ1) is 19.0. The van der Waals surface area contributed by atoms with Crippen LogP contribution in [0.4, 0.5) is 10.1 Å². The molecule has 0 amide bonds. The number of benzene rings is 1. The fraction of sp³-hybridized carbons (Fsp3) is 0.438. The van der Waals surface area contributed by atoms with Gasteiger partial charge >= 0.3 is 0 Å². The number of piperidine rings is 1. The molecule has 0 saturated carbocycles. The van der Waals surface area contributed by atoms with Crippen molar-refractivity contribution in [1.29, 1.82) is 0 Å². The van der Waals surface area contributed by atoms with Crippen LogP contribution >= 0.6 is 0 Å². The largest absolute Gasteiger partial charge is 0.495 e. The highest BCUT2D eigenvalue weighted by atomic mass is 19.1. The van der Waals surface area contributed by atoms with Crippen molar-refractivity contribution < 1.29 is 9.13 Å². The molecule has 7 heteroatoms. The fourth-order valence-electron chi connectivity index (χ4n) is 4.74. The maximum absolute atomic E-state index is 13.7. The summed E-state index contributed by atoms with van der Waals surface area (Å²) in [5.74, 6) is 1.62. The average Bonchev–Trinajstić information content (AvgIpc) is 3.20. The highest BCUT2D eigenvalue weighted by Gasteiger charge is 2.33. The van der Waals surface area contributed by atoms with E-state index in [1.165, 1.54) is 5.57 Å². The summed E-state index contributed by atoms with van der Waals surface area (Å²) in [6.07, 6.45) is 17.7. The number of anilines is 1. The third-order valence-corrected chi connectivity index (χ3v) is 6.45. The number of fused-ring (bicyclic) bond motifs is 1. The Hall–Kier alpha value is -3.45. The standard InChI is InChI=1S/C28H34FN5O.2C2H6/c1-5-15-33(20-30-2)25-14-11-21(18-27(25)35-4)17-23-9-7-16-34-28(23)31-19-26(32(34)3)22-8-6-10-24(29)13-12-22;2*1-2/h5,8,10-15,17-18,20,26H,6-7,9,16,19H2,1-4H3;2*1-2H3/b15-5+,23-17+,30-20?;;. The first kappa shape index (κ1) is 31.8. The topological polar surface area (TPSA) is 43.7 Å². The first-order valence-electron chi connectivity index (χ1n) is 14.1. The number of ether oxygens (including phenoxy) is 1. The summed E-state index contributed by atoms with van der Waals surface area (Å²) in [7, 11) is 5.54. The minimum atomic E-state index is -0.181. The Morgan fingerprint density at radius 2 is 1.92 bits per heavy atom. The van der Waals surface area contributed by atoms with Crippen molar-refractivity contribution in [3.63, 3.8) is 0 Å². The molecule has 212 valence electrons. The molecule has 0 aromatic heterocycles. The number of amidine groups is 1.